The summed E-state index contributed by atoms with van der Waals surface area (Å²) in [7, 11) is 2.21. The van der Waals surface area contributed by atoms with Crippen LogP contribution in [0.1, 0.15) is 5.56 Å². The molecule has 1 atom stereocenters. The van der Waals surface area contributed by atoms with E-state index >= 15 is 0 Å². The fourth-order valence-corrected chi connectivity index (χ4v) is 3.06. The van der Waals surface area contributed by atoms with Crippen molar-refractivity contribution in [3.63, 3.8) is 0 Å². The fraction of sp³-hybridized carbons (Fsp3) is 0.625. The lowest BCUT2D eigenvalue weighted by Crippen LogP contribution is -2.59. The molecule has 0 saturated carbocycles. The normalized spacial score (nSPS) is 26.8. The summed E-state index contributed by atoms with van der Waals surface area (Å²) in [5.41, 5.74) is 1.41. The topological polar surface area (TPSA) is 23.8 Å². The number of piperazine rings is 2. The van der Waals surface area contributed by atoms with E-state index in [0.29, 0.717) is 6.17 Å². The van der Waals surface area contributed by atoms with Crippen molar-refractivity contribution >= 4 is 0 Å². The van der Waals surface area contributed by atoms with Gasteiger partial charge in [0.05, 0.1) is 6.17 Å². The lowest BCUT2D eigenvalue weighted by Gasteiger charge is -2.42. The van der Waals surface area contributed by atoms with E-state index in [1.807, 2.05) is 0 Å². The number of hydrogen-bond donors (Lipinski definition) is 0. The van der Waals surface area contributed by atoms with E-state index in [9.17, 15) is 0 Å². The van der Waals surface area contributed by atoms with Crippen LogP contribution in [0.3, 0.4) is 0 Å². The average Bonchev–Trinajstić information content (AvgIpc) is 2.49. The molecule has 2 aliphatic heterocycles. The third-order valence-electron chi connectivity index (χ3n) is 4.39. The summed E-state index contributed by atoms with van der Waals surface area (Å²) in [6.07, 6.45) is 0.404. The number of benzene rings is 1. The molecule has 1 aromatic carbocycles. The third kappa shape index (κ3) is 3.58. The van der Waals surface area contributed by atoms with Gasteiger partial charge in [-0.2, -0.15) is 0 Å². The van der Waals surface area contributed by atoms with Crippen molar-refractivity contribution in [2.75, 3.05) is 52.9 Å². The Labute approximate surface area is 122 Å². The lowest BCUT2D eigenvalue weighted by molar-refractivity contribution is 0.0438. The largest absolute Gasteiger partial charge is 0.304 e. The lowest BCUT2D eigenvalue weighted by atomic mass is 10.2. The molecule has 0 bridgehead atoms. The first-order valence-electron chi connectivity index (χ1n) is 7.67. The molecule has 3 rings (SSSR count). The number of likely N-dealkylation sites (N-methyl/N-ethyl adjacent to an activating group) is 1. The second kappa shape index (κ2) is 6.68. The van der Waals surface area contributed by atoms with Crippen LogP contribution in [0.2, 0.25) is 0 Å². The van der Waals surface area contributed by atoms with Crippen molar-refractivity contribution in [1.82, 2.24) is 20.0 Å². The highest BCUT2D eigenvalue weighted by Crippen LogP contribution is 2.12. The molecule has 0 amide bonds. The Kier molecular flexibility index (Phi) is 4.68. The van der Waals surface area contributed by atoms with Gasteiger partial charge < -0.3 is 4.90 Å². The van der Waals surface area contributed by atoms with Crippen LogP contribution >= 0.6 is 0 Å². The molecule has 0 aromatic heterocycles. The Morgan fingerprint density at radius 1 is 1.05 bits per heavy atom. The van der Waals surface area contributed by atoms with Gasteiger partial charge in [0.1, 0.15) is 0 Å². The second-order valence-corrected chi connectivity index (χ2v) is 5.95. The van der Waals surface area contributed by atoms with Gasteiger partial charge in [0, 0.05) is 52.4 Å². The Morgan fingerprint density at radius 3 is 2.55 bits per heavy atom. The van der Waals surface area contributed by atoms with Crippen LogP contribution in [0.25, 0.3) is 0 Å². The zero-order valence-corrected chi connectivity index (χ0v) is 12.4. The second-order valence-electron chi connectivity index (χ2n) is 5.95. The highest BCUT2D eigenvalue weighted by atomic mass is 15.4. The molecule has 2 saturated heterocycles. The standard InChI is InChI=1S/C16H25N4/c1-18-9-11-20(12-10-18)16-14-19(8-7-17-16)13-15-5-3-2-4-6-15/h2-6,16H,7-14H2,1H3. The van der Waals surface area contributed by atoms with E-state index in [1.54, 1.807) is 0 Å². The highest BCUT2D eigenvalue weighted by molar-refractivity contribution is 5.14. The molecule has 2 aliphatic rings. The van der Waals surface area contributed by atoms with E-state index in [1.165, 1.54) is 18.7 Å². The maximum Gasteiger partial charge on any atom is 0.0891 e. The quantitative estimate of drug-likeness (QED) is 0.809. The van der Waals surface area contributed by atoms with Crippen molar-refractivity contribution in [1.29, 1.82) is 0 Å². The van der Waals surface area contributed by atoms with Gasteiger partial charge in [-0.25, -0.2) is 5.32 Å². The molecule has 2 heterocycles. The number of hydrogen-bond acceptors (Lipinski definition) is 3. The minimum Gasteiger partial charge on any atom is -0.304 e. The minimum absolute atomic E-state index is 0.404. The summed E-state index contributed by atoms with van der Waals surface area (Å²) in [5, 5.41) is 4.84. The molecule has 2 fully saturated rings. The van der Waals surface area contributed by atoms with E-state index < -0.39 is 0 Å². The van der Waals surface area contributed by atoms with Crippen LogP contribution in [0.5, 0.6) is 0 Å². The van der Waals surface area contributed by atoms with Crippen LogP contribution < -0.4 is 5.32 Å². The van der Waals surface area contributed by atoms with Gasteiger partial charge in [0.25, 0.3) is 0 Å². The maximum absolute atomic E-state index is 4.84. The summed E-state index contributed by atoms with van der Waals surface area (Å²) < 4.78 is 0. The molecule has 4 nitrogen and oxygen atoms in total. The Hall–Kier alpha value is -0.940. The predicted octanol–water partition coefficient (Wildman–Crippen LogP) is 0.680. The SMILES string of the molecule is CN1CCN(C2CN(Cc3ccccc3)CC[N]2)CC1. The van der Waals surface area contributed by atoms with Gasteiger partial charge >= 0.3 is 0 Å². The van der Waals surface area contributed by atoms with Crippen LogP contribution in [0.4, 0.5) is 0 Å². The minimum atomic E-state index is 0.404. The summed E-state index contributed by atoms with van der Waals surface area (Å²) in [5.74, 6) is 0. The Balaban J connectivity index is 1.54. The molecule has 0 N–H and O–H groups in total. The maximum atomic E-state index is 4.84. The predicted molar refractivity (Wildman–Crippen MR) is 81.6 cm³/mol. The fourth-order valence-electron chi connectivity index (χ4n) is 3.06. The van der Waals surface area contributed by atoms with Crippen molar-refractivity contribution in [2.24, 2.45) is 0 Å². The summed E-state index contributed by atoms with van der Waals surface area (Å²) in [6, 6.07) is 10.8. The molecule has 109 valence electrons. The number of rotatable bonds is 3. The summed E-state index contributed by atoms with van der Waals surface area (Å²) >= 11 is 0. The van der Waals surface area contributed by atoms with Crippen LogP contribution in [-0.4, -0.2) is 73.7 Å². The van der Waals surface area contributed by atoms with Crippen molar-refractivity contribution < 1.29 is 0 Å². The molecule has 0 aliphatic carbocycles. The average molecular weight is 273 g/mol. The van der Waals surface area contributed by atoms with Gasteiger partial charge in [-0.3, -0.25) is 9.80 Å². The first-order chi connectivity index (χ1) is 9.81. The highest BCUT2D eigenvalue weighted by Gasteiger charge is 2.27. The molecule has 1 radical (unpaired) electrons. The van der Waals surface area contributed by atoms with Crippen molar-refractivity contribution in [2.45, 2.75) is 12.7 Å². The zero-order valence-electron chi connectivity index (χ0n) is 12.4. The van der Waals surface area contributed by atoms with Crippen molar-refractivity contribution in [3.8, 4) is 0 Å². The van der Waals surface area contributed by atoms with Crippen LogP contribution in [-0.2, 0) is 6.54 Å². The molecule has 20 heavy (non-hydrogen) atoms. The van der Waals surface area contributed by atoms with E-state index in [4.69, 9.17) is 5.32 Å². The first-order valence-corrected chi connectivity index (χ1v) is 7.67. The smallest absolute Gasteiger partial charge is 0.0891 e. The van der Waals surface area contributed by atoms with Crippen LogP contribution in [0, 0.1) is 0 Å². The zero-order chi connectivity index (χ0) is 13.8. The van der Waals surface area contributed by atoms with E-state index in [2.05, 4.69) is 52.1 Å². The monoisotopic (exact) mass is 273 g/mol. The molecule has 1 unspecified atom stereocenters. The van der Waals surface area contributed by atoms with Gasteiger partial charge in [-0.05, 0) is 12.6 Å². The Bertz CT molecular complexity index is 400. The molecule has 1 aromatic rings. The first kappa shape index (κ1) is 14.0. The van der Waals surface area contributed by atoms with Gasteiger partial charge in [0.15, 0.2) is 0 Å². The van der Waals surface area contributed by atoms with Crippen molar-refractivity contribution in [3.05, 3.63) is 35.9 Å². The van der Waals surface area contributed by atoms with Crippen LogP contribution in [0.15, 0.2) is 30.3 Å². The molecule has 0 spiro atoms. The summed E-state index contributed by atoms with van der Waals surface area (Å²) in [4.78, 5) is 7.50. The Morgan fingerprint density at radius 2 is 1.80 bits per heavy atom. The molecule has 4 heteroatoms. The van der Waals surface area contributed by atoms with E-state index in [0.717, 1.165) is 39.3 Å². The number of nitrogens with zero attached hydrogens (tertiary/aromatic N) is 4. The van der Waals surface area contributed by atoms with E-state index in [-0.39, 0.29) is 0 Å². The van der Waals surface area contributed by atoms with Gasteiger partial charge in [0.2, 0.25) is 0 Å². The molecular formula is C16H25N4. The van der Waals surface area contributed by atoms with Gasteiger partial charge in [-0.1, -0.05) is 30.3 Å². The summed E-state index contributed by atoms with van der Waals surface area (Å²) in [6.45, 7) is 8.87. The van der Waals surface area contributed by atoms with Gasteiger partial charge in [-0.15, -0.1) is 0 Å². The molecular weight excluding hydrogens is 248 g/mol. The third-order valence-corrected chi connectivity index (χ3v) is 4.39.